The van der Waals surface area contributed by atoms with Crippen LogP contribution in [0.25, 0.3) is 0 Å². The Kier molecular flexibility index (Phi) is 8.02. The number of nitrogens with two attached hydrogens (primary N) is 1. The van der Waals surface area contributed by atoms with Crippen LogP contribution < -0.4 is 20.4 Å². The molecule has 0 aromatic heterocycles. The normalized spacial score (nSPS) is 10.6. The van der Waals surface area contributed by atoms with Gasteiger partial charge in [-0.05, 0) is 42.3 Å². The van der Waals surface area contributed by atoms with E-state index in [9.17, 15) is 9.90 Å². The highest BCUT2D eigenvalue weighted by atomic mass is 35.5. The van der Waals surface area contributed by atoms with Gasteiger partial charge in [-0.3, -0.25) is 0 Å². The van der Waals surface area contributed by atoms with E-state index in [1.165, 1.54) is 19.2 Å². The predicted octanol–water partition coefficient (Wildman–Crippen LogP) is 2.68. The SMILES string of the molecule is COc1c(Cl)cc(C(=O)O)cc1Cl.COc1ccc(C)c(/C([O-])=N\N)c1. The van der Waals surface area contributed by atoms with Gasteiger partial charge in [-0.15, -0.1) is 0 Å². The lowest BCUT2D eigenvalue weighted by molar-refractivity contribution is -0.213. The van der Waals surface area contributed by atoms with Crippen LogP contribution in [-0.4, -0.2) is 31.2 Å². The minimum Gasteiger partial charge on any atom is -0.857 e. The lowest BCUT2D eigenvalue weighted by atomic mass is 10.1. The van der Waals surface area contributed by atoms with Crippen molar-refractivity contribution < 1.29 is 24.5 Å². The summed E-state index contributed by atoms with van der Waals surface area (Å²) in [6, 6.07) is 7.76. The van der Waals surface area contributed by atoms with Crippen molar-refractivity contribution in [1.29, 1.82) is 0 Å². The van der Waals surface area contributed by atoms with Gasteiger partial charge in [0, 0.05) is 5.90 Å². The van der Waals surface area contributed by atoms with Crippen LogP contribution in [0, 0.1) is 6.92 Å². The van der Waals surface area contributed by atoms with Crippen molar-refractivity contribution >= 4 is 35.1 Å². The van der Waals surface area contributed by atoms with Crippen molar-refractivity contribution in [2.45, 2.75) is 6.92 Å². The number of carboxylic acids is 1. The van der Waals surface area contributed by atoms with Gasteiger partial charge in [-0.2, -0.15) is 5.10 Å². The Morgan fingerprint density at radius 1 is 1.15 bits per heavy atom. The third-order valence-corrected chi connectivity index (χ3v) is 3.80. The molecule has 0 amide bonds. The number of hydrazone groups is 1. The third kappa shape index (κ3) is 5.44. The number of halogens is 2. The highest BCUT2D eigenvalue weighted by Crippen LogP contribution is 2.33. The van der Waals surface area contributed by atoms with Gasteiger partial charge in [0.1, 0.15) is 5.75 Å². The van der Waals surface area contributed by atoms with Crippen molar-refractivity contribution in [2.24, 2.45) is 10.9 Å². The van der Waals surface area contributed by atoms with E-state index in [4.69, 9.17) is 43.6 Å². The summed E-state index contributed by atoms with van der Waals surface area (Å²) in [6.45, 7) is 1.82. The highest BCUT2D eigenvalue weighted by Gasteiger charge is 2.11. The fraction of sp³-hybridized carbons (Fsp3) is 0.176. The molecule has 0 fully saturated rings. The number of nitrogens with zero attached hydrogens (tertiary/aromatic N) is 1. The average molecular weight is 400 g/mol. The van der Waals surface area contributed by atoms with Crippen LogP contribution in [-0.2, 0) is 0 Å². The highest BCUT2D eigenvalue weighted by molar-refractivity contribution is 6.37. The van der Waals surface area contributed by atoms with Gasteiger partial charge in [0.25, 0.3) is 0 Å². The molecule has 0 spiro atoms. The van der Waals surface area contributed by atoms with Gasteiger partial charge < -0.3 is 25.5 Å². The number of aryl methyl sites for hydroxylation is 1. The molecule has 2 rings (SSSR count). The van der Waals surface area contributed by atoms with E-state index in [-0.39, 0.29) is 21.4 Å². The molecule has 7 nitrogen and oxygen atoms in total. The largest absolute Gasteiger partial charge is 0.857 e. The number of hydrogen-bond donors (Lipinski definition) is 2. The molecule has 0 unspecified atom stereocenters. The van der Waals surface area contributed by atoms with Crippen LogP contribution in [0.15, 0.2) is 35.4 Å². The monoisotopic (exact) mass is 399 g/mol. The van der Waals surface area contributed by atoms with E-state index in [0.29, 0.717) is 11.3 Å². The Morgan fingerprint density at radius 3 is 2.15 bits per heavy atom. The first-order chi connectivity index (χ1) is 12.2. The van der Waals surface area contributed by atoms with E-state index in [1.54, 1.807) is 25.3 Å². The molecule has 0 radical (unpaired) electrons. The molecule has 2 aromatic carbocycles. The number of carbonyl (C=O) groups is 1. The maximum absolute atomic E-state index is 11.2. The lowest BCUT2D eigenvalue weighted by Crippen LogP contribution is -2.21. The summed E-state index contributed by atoms with van der Waals surface area (Å²) in [6.07, 6.45) is 0. The van der Waals surface area contributed by atoms with Crippen molar-refractivity contribution in [3.63, 3.8) is 0 Å². The minimum absolute atomic E-state index is 0.0378. The second kappa shape index (κ2) is 9.74. The standard InChI is InChI=1S/C9H12N2O2.C8H6Cl2O3/c1-6-3-4-7(13-2)5-8(6)9(12)11-10;1-13-7-5(9)2-4(8(11)12)3-6(7)10/h3-5H,10H2,1-2H3,(H,11,12);2-3H,1H3,(H,11,12)/p-1. The van der Waals surface area contributed by atoms with Crippen LogP contribution in [0.4, 0.5) is 0 Å². The van der Waals surface area contributed by atoms with Gasteiger partial charge in [0.05, 0.1) is 29.8 Å². The Hall–Kier alpha value is -2.64. The number of hydrogen-bond acceptors (Lipinski definition) is 6. The van der Waals surface area contributed by atoms with Gasteiger partial charge in [-0.1, -0.05) is 29.3 Å². The molecule has 2 aromatic rings. The summed E-state index contributed by atoms with van der Waals surface area (Å²) >= 11 is 11.4. The summed E-state index contributed by atoms with van der Waals surface area (Å²) in [4.78, 5) is 10.5. The molecule has 0 aliphatic heterocycles. The first kappa shape index (κ1) is 21.4. The number of carboxylic acid groups (broad SMARTS) is 1. The second-order valence-corrected chi connectivity index (χ2v) is 5.71. The molecule has 0 aliphatic carbocycles. The number of aromatic carboxylic acids is 1. The molecule has 26 heavy (non-hydrogen) atoms. The Bertz CT molecular complexity index is 802. The first-order valence-corrected chi connectivity index (χ1v) is 7.87. The number of benzene rings is 2. The molecule has 0 atom stereocenters. The van der Waals surface area contributed by atoms with Crippen molar-refractivity contribution in [3.8, 4) is 11.5 Å². The van der Waals surface area contributed by atoms with E-state index < -0.39 is 11.9 Å². The van der Waals surface area contributed by atoms with Crippen molar-refractivity contribution in [2.75, 3.05) is 14.2 Å². The number of methoxy groups -OCH3 is 2. The number of ether oxygens (including phenoxy) is 2. The summed E-state index contributed by atoms with van der Waals surface area (Å²) in [5.41, 5.74) is 1.35. The van der Waals surface area contributed by atoms with Gasteiger partial charge in [-0.25, -0.2) is 4.79 Å². The van der Waals surface area contributed by atoms with E-state index in [2.05, 4.69) is 5.10 Å². The molecule has 0 heterocycles. The zero-order valence-electron chi connectivity index (χ0n) is 14.2. The molecular formula is C17H17Cl2N2O5-. The average Bonchev–Trinajstić information content (AvgIpc) is 2.61. The Morgan fingerprint density at radius 2 is 1.73 bits per heavy atom. The maximum atomic E-state index is 11.2. The number of rotatable bonds is 4. The van der Waals surface area contributed by atoms with Gasteiger partial charge in [0.2, 0.25) is 0 Å². The molecular weight excluding hydrogens is 383 g/mol. The first-order valence-electron chi connectivity index (χ1n) is 7.11. The fourth-order valence-electron chi connectivity index (χ4n) is 1.91. The van der Waals surface area contributed by atoms with Crippen LogP contribution in [0.2, 0.25) is 10.0 Å². The zero-order chi connectivity index (χ0) is 19.9. The molecule has 140 valence electrons. The molecule has 3 N–H and O–H groups in total. The minimum atomic E-state index is -1.08. The quantitative estimate of drug-likeness (QED) is 0.353. The predicted molar refractivity (Wildman–Crippen MR) is 98.4 cm³/mol. The van der Waals surface area contributed by atoms with E-state index in [0.717, 1.165) is 5.56 Å². The van der Waals surface area contributed by atoms with Crippen molar-refractivity contribution in [3.05, 3.63) is 57.1 Å². The van der Waals surface area contributed by atoms with Gasteiger partial charge >= 0.3 is 5.97 Å². The third-order valence-electron chi connectivity index (χ3n) is 3.24. The molecule has 0 saturated heterocycles. The zero-order valence-corrected chi connectivity index (χ0v) is 15.8. The summed E-state index contributed by atoms with van der Waals surface area (Å²) in [5.74, 6) is 4.30. The molecule has 0 bridgehead atoms. The van der Waals surface area contributed by atoms with Crippen LogP contribution in [0.3, 0.4) is 0 Å². The van der Waals surface area contributed by atoms with Crippen LogP contribution in [0.1, 0.15) is 21.5 Å². The van der Waals surface area contributed by atoms with E-state index >= 15 is 0 Å². The topological polar surface area (TPSA) is 117 Å². The summed E-state index contributed by atoms with van der Waals surface area (Å²) < 4.78 is 9.82. The smallest absolute Gasteiger partial charge is 0.335 e. The van der Waals surface area contributed by atoms with Crippen LogP contribution >= 0.6 is 23.2 Å². The molecule has 9 heteroatoms. The van der Waals surface area contributed by atoms with Gasteiger partial charge in [0.15, 0.2) is 5.75 Å². The molecule has 0 aliphatic rings. The molecule has 0 saturated carbocycles. The lowest BCUT2D eigenvalue weighted by Gasteiger charge is -2.12. The van der Waals surface area contributed by atoms with E-state index in [1.807, 2.05) is 6.92 Å². The Labute approximate surface area is 160 Å². The van der Waals surface area contributed by atoms with Crippen LogP contribution in [0.5, 0.6) is 11.5 Å². The summed E-state index contributed by atoms with van der Waals surface area (Å²) in [7, 11) is 2.95. The second-order valence-electron chi connectivity index (χ2n) is 4.89. The Balaban J connectivity index is 0.000000260. The fourth-order valence-corrected chi connectivity index (χ4v) is 2.55. The summed E-state index contributed by atoms with van der Waals surface area (Å²) in [5, 5.41) is 23.3. The maximum Gasteiger partial charge on any atom is 0.335 e. The van der Waals surface area contributed by atoms with Crippen molar-refractivity contribution in [1.82, 2.24) is 0 Å².